The monoisotopic (exact) mass is 265 g/mol. The summed E-state index contributed by atoms with van der Waals surface area (Å²) in [4.78, 5) is 18.6. The number of oxazole rings is 1. The van der Waals surface area contributed by atoms with E-state index in [9.17, 15) is 4.79 Å². The zero-order chi connectivity index (χ0) is 14.0. The fraction of sp³-hybridized carbons (Fsp3) is 0.714. The van der Waals surface area contributed by atoms with Gasteiger partial charge in [-0.15, -0.1) is 0 Å². The molecule has 0 aliphatic heterocycles. The molecule has 1 aliphatic carbocycles. The van der Waals surface area contributed by atoms with Gasteiger partial charge in [-0.2, -0.15) is 0 Å². The number of amides is 1. The molecule has 1 saturated carbocycles. The lowest BCUT2D eigenvalue weighted by Crippen LogP contribution is -2.35. The number of aromatic nitrogens is 1. The number of rotatable bonds is 4. The number of hydrogen-bond acceptors (Lipinski definition) is 4. The third-order valence-corrected chi connectivity index (χ3v) is 3.82. The third-order valence-electron chi connectivity index (χ3n) is 3.82. The Kier molecular flexibility index (Phi) is 4.24. The SMILES string of the molecule is CCc1nc(C)c(C(=O)N[C@@H]2CC[C@H](N(C)C)C2)o1. The number of nitrogens with zero attached hydrogens (tertiary/aromatic N) is 2. The van der Waals surface area contributed by atoms with E-state index in [0.717, 1.165) is 19.3 Å². The van der Waals surface area contributed by atoms with E-state index >= 15 is 0 Å². The number of nitrogens with one attached hydrogen (secondary N) is 1. The Hall–Kier alpha value is -1.36. The zero-order valence-corrected chi connectivity index (χ0v) is 12.2. The summed E-state index contributed by atoms with van der Waals surface area (Å²) >= 11 is 0. The van der Waals surface area contributed by atoms with Crippen LogP contribution in [0.15, 0.2) is 4.42 Å². The Morgan fingerprint density at radius 3 is 2.74 bits per heavy atom. The first-order valence-corrected chi connectivity index (χ1v) is 6.94. The van der Waals surface area contributed by atoms with Gasteiger partial charge in [-0.3, -0.25) is 4.79 Å². The van der Waals surface area contributed by atoms with Crippen molar-refractivity contribution in [2.45, 2.75) is 51.6 Å². The van der Waals surface area contributed by atoms with Crippen LogP contribution in [0.5, 0.6) is 0 Å². The number of hydrogen-bond donors (Lipinski definition) is 1. The Labute approximate surface area is 114 Å². The molecule has 19 heavy (non-hydrogen) atoms. The van der Waals surface area contributed by atoms with Crippen molar-refractivity contribution < 1.29 is 9.21 Å². The molecule has 0 bridgehead atoms. The fourth-order valence-electron chi connectivity index (χ4n) is 2.62. The molecule has 5 nitrogen and oxygen atoms in total. The minimum absolute atomic E-state index is 0.130. The molecule has 2 atom stereocenters. The second-order valence-electron chi connectivity index (χ2n) is 5.48. The summed E-state index contributed by atoms with van der Waals surface area (Å²) in [5, 5.41) is 3.06. The van der Waals surface area contributed by atoms with E-state index in [1.165, 1.54) is 0 Å². The first-order chi connectivity index (χ1) is 9.01. The van der Waals surface area contributed by atoms with Crippen molar-refractivity contribution in [3.05, 3.63) is 17.3 Å². The van der Waals surface area contributed by atoms with Crippen LogP contribution in [-0.4, -0.2) is 42.0 Å². The van der Waals surface area contributed by atoms with Crippen molar-refractivity contribution in [3.63, 3.8) is 0 Å². The third kappa shape index (κ3) is 3.15. The van der Waals surface area contributed by atoms with E-state index < -0.39 is 0 Å². The topological polar surface area (TPSA) is 58.4 Å². The predicted octanol–water partition coefficient (Wildman–Crippen LogP) is 1.76. The number of aryl methyl sites for hydroxylation is 2. The summed E-state index contributed by atoms with van der Waals surface area (Å²) in [6.45, 7) is 3.78. The Morgan fingerprint density at radius 2 is 2.21 bits per heavy atom. The highest BCUT2D eigenvalue weighted by Crippen LogP contribution is 2.23. The molecule has 5 heteroatoms. The molecular weight excluding hydrogens is 242 g/mol. The van der Waals surface area contributed by atoms with E-state index in [1.54, 1.807) is 0 Å². The van der Waals surface area contributed by atoms with Crippen molar-refractivity contribution in [1.82, 2.24) is 15.2 Å². The van der Waals surface area contributed by atoms with E-state index in [0.29, 0.717) is 29.8 Å². The van der Waals surface area contributed by atoms with Gasteiger partial charge in [-0.05, 0) is 40.3 Å². The minimum atomic E-state index is -0.130. The van der Waals surface area contributed by atoms with Gasteiger partial charge in [0.15, 0.2) is 5.89 Å². The van der Waals surface area contributed by atoms with E-state index in [-0.39, 0.29) is 11.9 Å². The van der Waals surface area contributed by atoms with Gasteiger partial charge in [0.25, 0.3) is 5.91 Å². The van der Waals surface area contributed by atoms with Crippen LogP contribution >= 0.6 is 0 Å². The van der Waals surface area contributed by atoms with Crippen molar-refractivity contribution >= 4 is 5.91 Å². The van der Waals surface area contributed by atoms with Gasteiger partial charge < -0.3 is 14.6 Å². The van der Waals surface area contributed by atoms with Crippen LogP contribution in [0.2, 0.25) is 0 Å². The van der Waals surface area contributed by atoms with E-state index in [1.807, 2.05) is 13.8 Å². The van der Waals surface area contributed by atoms with Crippen molar-refractivity contribution in [2.75, 3.05) is 14.1 Å². The summed E-state index contributed by atoms with van der Waals surface area (Å²) in [5.74, 6) is 0.861. The second-order valence-corrected chi connectivity index (χ2v) is 5.48. The molecule has 2 rings (SSSR count). The molecule has 1 N–H and O–H groups in total. The van der Waals surface area contributed by atoms with Crippen molar-refractivity contribution in [3.8, 4) is 0 Å². The van der Waals surface area contributed by atoms with Gasteiger partial charge in [0, 0.05) is 18.5 Å². The molecule has 0 unspecified atom stereocenters. The molecule has 1 fully saturated rings. The first kappa shape index (κ1) is 14.1. The van der Waals surface area contributed by atoms with Gasteiger partial charge in [-0.1, -0.05) is 6.92 Å². The van der Waals surface area contributed by atoms with Crippen LogP contribution in [0.3, 0.4) is 0 Å². The molecule has 1 aromatic heterocycles. The summed E-state index contributed by atoms with van der Waals surface area (Å²) in [6.07, 6.45) is 3.88. The van der Waals surface area contributed by atoms with Crippen LogP contribution in [0.25, 0.3) is 0 Å². The summed E-state index contributed by atoms with van der Waals surface area (Å²) in [5.41, 5.74) is 0.677. The molecule has 1 heterocycles. The maximum atomic E-state index is 12.2. The molecule has 0 saturated heterocycles. The van der Waals surface area contributed by atoms with Gasteiger partial charge in [0.05, 0.1) is 5.69 Å². The second kappa shape index (κ2) is 5.74. The van der Waals surface area contributed by atoms with E-state index in [2.05, 4.69) is 29.3 Å². The van der Waals surface area contributed by atoms with Gasteiger partial charge in [-0.25, -0.2) is 4.98 Å². The molecule has 1 aliphatic rings. The van der Waals surface area contributed by atoms with Crippen LogP contribution < -0.4 is 5.32 Å². The van der Waals surface area contributed by atoms with Crippen LogP contribution in [0, 0.1) is 6.92 Å². The van der Waals surface area contributed by atoms with Crippen LogP contribution in [0.4, 0.5) is 0 Å². The van der Waals surface area contributed by atoms with Crippen LogP contribution in [-0.2, 0) is 6.42 Å². The normalized spacial score (nSPS) is 23.0. The predicted molar refractivity (Wildman–Crippen MR) is 73.2 cm³/mol. The highest BCUT2D eigenvalue weighted by Gasteiger charge is 2.28. The lowest BCUT2D eigenvalue weighted by Gasteiger charge is -2.19. The Balaban J connectivity index is 1.96. The molecule has 0 radical (unpaired) electrons. The molecule has 1 aromatic rings. The van der Waals surface area contributed by atoms with Gasteiger partial charge >= 0.3 is 0 Å². The average molecular weight is 265 g/mol. The number of carbonyl (C=O) groups excluding carboxylic acids is 1. The van der Waals surface area contributed by atoms with E-state index in [4.69, 9.17) is 4.42 Å². The molecule has 0 spiro atoms. The Morgan fingerprint density at radius 1 is 1.47 bits per heavy atom. The standard InChI is InChI=1S/C14H23N3O2/c1-5-12-15-9(2)13(19-12)14(18)16-10-6-7-11(8-10)17(3)4/h10-11H,5-8H2,1-4H3,(H,16,18)/t10-,11+/m1/s1. The Bertz CT molecular complexity index is 454. The maximum absolute atomic E-state index is 12.2. The quantitative estimate of drug-likeness (QED) is 0.901. The number of carbonyl (C=O) groups is 1. The molecular formula is C14H23N3O2. The average Bonchev–Trinajstić information content (AvgIpc) is 2.95. The first-order valence-electron chi connectivity index (χ1n) is 6.94. The molecule has 106 valence electrons. The summed E-state index contributed by atoms with van der Waals surface area (Å²) in [6, 6.07) is 0.807. The molecule has 1 amide bonds. The maximum Gasteiger partial charge on any atom is 0.289 e. The highest BCUT2D eigenvalue weighted by molar-refractivity contribution is 5.92. The lowest BCUT2D eigenvalue weighted by molar-refractivity contribution is 0.0905. The van der Waals surface area contributed by atoms with Crippen LogP contribution in [0.1, 0.15) is 48.3 Å². The van der Waals surface area contributed by atoms with Crippen molar-refractivity contribution in [1.29, 1.82) is 0 Å². The highest BCUT2D eigenvalue weighted by atomic mass is 16.4. The molecule has 0 aromatic carbocycles. The smallest absolute Gasteiger partial charge is 0.289 e. The summed E-state index contributed by atoms with van der Waals surface area (Å²) < 4.78 is 5.48. The summed E-state index contributed by atoms with van der Waals surface area (Å²) in [7, 11) is 4.17. The largest absolute Gasteiger partial charge is 0.435 e. The lowest BCUT2D eigenvalue weighted by atomic mass is 10.2. The fourth-order valence-corrected chi connectivity index (χ4v) is 2.62. The zero-order valence-electron chi connectivity index (χ0n) is 12.2. The van der Waals surface area contributed by atoms with Gasteiger partial charge in [0.2, 0.25) is 5.76 Å². The van der Waals surface area contributed by atoms with Gasteiger partial charge in [0.1, 0.15) is 0 Å². The van der Waals surface area contributed by atoms with Crippen molar-refractivity contribution in [2.24, 2.45) is 0 Å². The minimum Gasteiger partial charge on any atom is -0.435 e.